The summed E-state index contributed by atoms with van der Waals surface area (Å²) in [6.45, 7) is 25.4. The maximum atomic E-state index is 7.18. The highest BCUT2D eigenvalue weighted by Crippen LogP contribution is 2.69. The lowest BCUT2D eigenvalue weighted by molar-refractivity contribution is -0.119. The Bertz CT molecular complexity index is 844. The molecule has 5 rings (SSSR count). The van der Waals surface area contributed by atoms with Gasteiger partial charge in [0.25, 0.3) is 0 Å². The molecule has 4 fully saturated rings. The van der Waals surface area contributed by atoms with Crippen LogP contribution in [0, 0.1) is 40.4 Å². The van der Waals surface area contributed by atoms with E-state index in [0.717, 1.165) is 29.6 Å². The third kappa shape index (κ3) is 3.83. The fraction of sp³-hybridized carbons (Fsp3) is 0.935. The largest absolute Gasteiger partial charge is 0.413 e. The molecule has 0 amide bonds. The molecule has 0 spiro atoms. The SMILES string of the molecule is CC(C)(C)[Si](C)(C)O[C@H]1CC[C@@H]2[C@@H]3CC[C@@H]4CC5=C([Si](C)(C)C)CC[C@@H]5C[C@]4(C)[C@H]3CC[C@]12C. The lowest BCUT2D eigenvalue weighted by atomic mass is 9.44. The Hall–Kier alpha value is 0.134. The van der Waals surface area contributed by atoms with Gasteiger partial charge in [-0.1, -0.05) is 65.0 Å². The summed E-state index contributed by atoms with van der Waals surface area (Å²) in [6, 6.07) is 0. The summed E-state index contributed by atoms with van der Waals surface area (Å²) in [6.07, 6.45) is 15.1. The summed E-state index contributed by atoms with van der Waals surface area (Å²) in [4.78, 5) is 0. The molecule has 1 nitrogen and oxygen atoms in total. The Balaban J connectivity index is 1.37. The van der Waals surface area contributed by atoms with E-state index in [-0.39, 0.29) is 0 Å². The average Bonchev–Trinajstić information content (AvgIpc) is 3.25. The molecule has 194 valence electrons. The molecular formula is C31H56OSi2. The number of hydrogen-bond acceptors (Lipinski definition) is 1. The maximum absolute atomic E-state index is 7.18. The molecular weight excluding hydrogens is 445 g/mol. The summed E-state index contributed by atoms with van der Waals surface area (Å²) < 4.78 is 7.18. The standard InChI is InChI=1S/C31H56OSi2/c1-29(2,3)34(9,10)32-28-16-14-25-23-13-12-22-19-24-21(11-15-27(24)33(6,7)8)20-31(22,5)26(23)17-18-30(25,28)4/h21-23,25-26,28H,11-20H2,1-10H3/t21-,22-,23+,25-,26+,28+,30+,31+/m1/s1. The molecule has 0 aromatic rings. The second-order valence-electron chi connectivity index (χ2n) is 16.5. The van der Waals surface area contributed by atoms with Crippen LogP contribution in [-0.4, -0.2) is 22.5 Å². The van der Waals surface area contributed by atoms with Gasteiger partial charge in [-0.2, -0.15) is 0 Å². The summed E-state index contributed by atoms with van der Waals surface area (Å²) in [5.74, 6) is 4.77. The molecule has 0 radical (unpaired) electrons. The molecule has 0 N–H and O–H groups in total. The van der Waals surface area contributed by atoms with Gasteiger partial charge >= 0.3 is 0 Å². The molecule has 0 aromatic heterocycles. The van der Waals surface area contributed by atoms with E-state index in [1.807, 2.05) is 10.8 Å². The van der Waals surface area contributed by atoms with E-state index in [9.17, 15) is 0 Å². The van der Waals surface area contributed by atoms with Gasteiger partial charge in [-0.3, -0.25) is 0 Å². The third-order valence-electron chi connectivity index (χ3n) is 12.9. The number of hydrogen-bond donors (Lipinski definition) is 0. The van der Waals surface area contributed by atoms with E-state index in [4.69, 9.17) is 4.43 Å². The van der Waals surface area contributed by atoms with Gasteiger partial charge in [0.15, 0.2) is 8.32 Å². The van der Waals surface area contributed by atoms with E-state index in [1.54, 1.807) is 0 Å². The first-order chi connectivity index (χ1) is 15.6. The van der Waals surface area contributed by atoms with Crippen molar-refractivity contribution < 1.29 is 4.43 Å². The monoisotopic (exact) mass is 500 g/mol. The quantitative estimate of drug-likeness (QED) is 0.350. The Morgan fingerprint density at radius 1 is 0.824 bits per heavy atom. The zero-order valence-corrected chi connectivity index (χ0v) is 26.4. The van der Waals surface area contributed by atoms with Crippen molar-refractivity contribution in [3.8, 4) is 0 Å². The number of allylic oxidation sites excluding steroid dienone is 2. The van der Waals surface area contributed by atoms with Gasteiger partial charge < -0.3 is 4.43 Å². The maximum Gasteiger partial charge on any atom is 0.192 e. The van der Waals surface area contributed by atoms with Crippen molar-refractivity contribution in [1.82, 2.24) is 0 Å². The fourth-order valence-electron chi connectivity index (χ4n) is 9.93. The van der Waals surface area contributed by atoms with E-state index >= 15 is 0 Å². The lowest BCUT2D eigenvalue weighted by Gasteiger charge is -2.61. The Morgan fingerprint density at radius 3 is 2.15 bits per heavy atom. The normalized spacial score (nSPS) is 45.0. The van der Waals surface area contributed by atoms with E-state index in [0.29, 0.717) is 22.0 Å². The van der Waals surface area contributed by atoms with Crippen LogP contribution >= 0.6 is 0 Å². The van der Waals surface area contributed by atoms with Gasteiger partial charge in [-0.05, 0) is 123 Å². The molecule has 5 aliphatic rings. The average molecular weight is 501 g/mol. The second-order valence-corrected chi connectivity index (χ2v) is 26.4. The van der Waals surface area contributed by atoms with Crippen molar-refractivity contribution in [3.63, 3.8) is 0 Å². The van der Waals surface area contributed by atoms with Crippen molar-refractivity contribution in [2.45, 2.75) is 143 Å². The molecule has 4 saturated carbocycles. The van der Waals surface area contributed by atoms with Crippen LogP contribution < -0.4 is 0 Å². The van der Waals surface area contributed by atoms with Gasteiger partial charge in [-0.15, -0.1) is 0 Å². The first-order valence-electron chi connectivity index (χ1n) is 15.0. The summed E-state index contributed by atoms with van der Waals surface area (Å²) in [7, 11) is -2.87. The topological polar surface area (TPSA) is 9.23 Å². The third-order valence-corrected chi connectivity index (χ3v) is 19.8. The van der Waals surface area contributed by atoms with Crippen molar-refractivity contribution in [2.75, 3.05) is 0 Å². The van der Waals surface area contributed by atoms with Crippen LogP contribution in [0.1, 0.15) is 98.8 Å². The molecule has 34 heavy (non-hydrogen) atoms. The first-order valence-corrected chi connectivity index (χ1v) is 21.4. The molecule has 0 saturated heterocycles. The van der Waals surface area contributed by atoms with Gasteiger partial charge in [-0.25, -0.2) is 0 Å². The Labute approximate surface area is 214 Å². The van der Waals surface area contributed by atoms with Gasteiger partial charge in [0.2, 0.25) is 0 Å². The minimum absolute atomic E-state index is 0.313. The van der Waals surface area contributed by atoms with E-state index < -0.39 is 16.4 Å². The minimum Gasteiger partial charge on any atom is -0.413 e. The highest BCUT2D eigenvalue weighted by atomic mass is 28.4. The van der Waals surface area contributed by atoms with Crippen LogP contribution in [0.3, 0.4) is 0 Å². The van der Waals surface area contributed by atoms with Gasteiger partial charge in [0, 0.05) is 0 Å². The van der Waals surface area contributed by atoms with Gasteiger partial charge in [0.05, 0.1) is 14.2 Å². The first kappa shape index (κ1) is 25.8. The fourth-order valence-corrected chi connectivity index (χ4v) is 13.5. The van der Waals surface area contributed by atoms with Crippen LogP contribution in [0.5, 0.6) is 0 Å². The van der Waals surface area contributed by atoms with Crippen molar-refractivity contribution in [2.24, 2.45) is 40.4 Å². The van der Waals surface area contributed by atoms with Crippen LogP contribution in [0.4, 0.5) is 0 Å². The van der Waals surface area contributed by atoms with Crippen molar-refractivity contribution in [1.29, 1.82) is 0 Å². The molecule has 0 aromatic carbocycles. The minimum atomic E-state index is -1.72. The molecule has 0 bridgehead atoms. The van der Waals surface area contributed by atoms with Gasteiger partial charge in [0.1, 0.15) is 0 Å². The lowest BCUT2D eigenvalue weighted by Crippen LogP contribution is -2.55. The highest BCUT2D eigenvalue weighted by molar-refractivity contribution is 6.83. The van der Waals surface area contributed by atoms with Crippen LogP contribution in [-0.2, 0) is 4.43 Å². The summed E-state index contributed by atoms with van der Waals surface area (Å²) in [5.41, 5.74) is 3.02. The molecule has 5 aliphatic carbocycles. The smallest absolute Gasteiger partial charge is 0.192 e. The van der Waals surface area contributed by atoms with E-state index in [2.05, 4.69) is 67.4 Å². The summed E-state index contributed by atoms with van der Waals surface area (Å²) >= 11 is 0. The molecule has 8 atom stereocenters. The molecule has 0 unspecified atom stereocenters. The van der Waals surface area contributed by atoms with E-state index in [1.165, 1.54) is 64.2 Å². The predicted molar refractivity (Wildman–Crippen MR) is 152 cm³/mol. The van der Waals surface area contributed by atoms with Crippen molar-refractivity contribution in [3.05, 3.63) is 10.8 Å². The zero-order chi connectivity index (χ0) is 24.9. The van der Waals surface area contributed by atoms with Crippen LogP contribution in [0.15, 0.2) is 10.8 Å². The number of fused-ring (bicyclic) bond motifs is 6. The predicted octanol–water partition coefficient (Wildman–Crippen LogP) is 9.61. The zero-order valence-electron chi connectivity index (χ0n) is 24.4. The molecule has 0 heterocycles. The molecule has 3 heteroatoms. The Morgan fingerprint density at radius 2 is 1.50 bits per heavy atom. The summed E-state index contributed by atoms with van der Waals surface area (Å²) in [5, 5.41) is 2.30. The Kier molecular flexibility index (Phi) is 6.11. The van der Waals surface area contributed by atoms with Crippen molar-refractivity contribution >= 4 is 16.4 Å². The van der Waals surface area contributed by atoms with Crippen LogP contribution in [0.25, 0.3) is 0 Å². The molecule has 0 aliphatic heterocycles. The highest BCUT2D eigenvalue weighted by Gasteiger charge is 2.62. The number of rotatable bonds is 3. The second kappa shape index (κ2) is 8.06. The van der Waals surface area contributed by atoms with Crippen LogP contribution in [0.2, 0.25) is 37.8 Å².